The van der Waals surface area contributed by atoms with Crippen LogP contribution in [0, 0.1) is 11.8 Å². The van der Waals surface area contributed by atoms with E-state index in [1.807, 2.05) is 30.3 Å². The Hall–Kier alpha value is -2.36. The van der Waals surface area contributed by atoms with E-state index in [4.69, 9.17) is 22.1 Å². The van der Waals surface area contributed by atoms with Crippen LogP contribution in [0.3, 0.4) is 0 Å². The fraction of sp³-hybridized carbons (Fsp3) is 0.565. The van der Waals surface area contributed by atoms with E-state index in [1.165, 1.54) is 0 Å². The number of ether oxygens (including phenoxy) is 1. The predicted octanol–water partition coefficient (Wildman–Crippen LogP) is 2.98. The molecule has 2 fully saturated rings. The molecule has 0 radical (unpaired) electrons. The Morgan fingerprint density at radius 1 is 1.19 bits per heavy atom. The summed E-state index contributed by atoms with van der Waals surface area (Å²) in [5, 5.41) is 24.7. The molecule has 2 aliphatic rings. The fourth-order valence-electron chi connectivity index (χ4n) is 4.93. The second-order valence-corrected chi connectivity index (χ2v) is 9.13. The SMILES string of the molecule is C[C@H](NC(CC(=S)c1ccccc1)C(=O)O)C(=O)C1NC(OC(=O)O)CC2CCCCC21. The van der Waals surface area contributed by atoms with Crippen LogP contribution in [0.5, 0.6) is 0 Å². The minimum Gasteiger partial charge on any atom is -0.480 e. The van der Waals surface area contributed by atoms with Gasteiger partial charge in [0, 0.05) is 17.7 Å². The van der Waals surface area contributed by atoms with Crippen molar-refractivity contribution in [3.05, 3.63) is 35.9 Å². The van der Waals surface area contributed by atoms with Gasteiger partial charge in [-0.2, -0.15) is 0 Å². The molecule has 32 heavy (non-hydrogen) atoms. The molecule has 1 saturated carbocycles. The first-order valence-electron chi connectivity index (χ1n) is 11.0. The van der Waals surface area contributed by atoms with Crippen LogP contribution < -0.4 is 10.6 Å². The van der Waals surface area contributed by atoms with E-state index in [-0.39, 0.29) is 24.0 Å². The highest BCUT2D eigenvalue weighted by Crippen LogP contribution is 2.39. The van der Waals surface area contributed by atoms with Crippen LogP contribution in [0.1, 0.15) is 51.0 Å². The van der Waals surface area contributed by atoms with Crippen molar-refractivity contribution in [1.82, 2.24) is 10.6 Å². The topological polar surface area (TPSA) is 125 Å². The number of rotatable bonds is 9. The minimum absolute atomic E-state index is 0.0845. The molecule has 8 nitrogen and oxygen atoms in total. The predicted molar refractivity (Wildman–Crippen MR) is 122 cm³/mol. The van der Waals surface area contributed by atoms with E-state index >= 15 is 0 Å². The number of thiocarbonyl (C=S) groups is 1. The molecule has 5 unspecified atom stereocenters. The van der Waals surface area contributed by atoms with E-state index < -0.39 is 36.5 Å². The van der Waals surface area contributed by atoms with Crippen LogP contribution >= 0.6 is 12.2 Å². The average Bonchev–Trinajstić information content (AvgIpc) is 2.77. The van der Waals surface area contributed by atoms with E-state index in [2.05, 4.69) is 10.6 Å². The van der Waals surface area contributed by atoms with Gasteiger partial charge in [-0.25, -0.2) is 4.79 Å². The number of aliphatic carboxylic acids is 1. The van der Waals surface area contributed by atoms with Crippen molar-refractivity contribution in [2.24, 2.45) is 11.8 Å². The lowest BCUT2D eigenvalue weighted by Gasteiger charge is -2.44. The molecule has 1 saturated heterocycles. The third-order valence-electron chi connectivity index (χ3n) is 6.49. The highest BCUT2D eigenvalue weighted by molar-refractivity contribution is 7.80. The molecular weight excluding hydrogens is 432 g/mol. The number of carboxylic acids is 1. The van der Waals surface area contributed by atoms with Crippen molar-refractivity contribution in [3.63, 3.8) is 0 Å². The molecule has 3 rings (SSSR count). The number of nitrogens with one attached hydrogen (secondary N) is 2. The average molecular weight is 463 g/mol. The van der Waals surface area contributed by atoms with E-state index in [0.717, 1.165) is 31.2 Å². The van der Waals surface area contributed by atoms with E-state index in [0.29, 0.717) is 11.3 Å². The molecule has 1 heterocycles. The molecular formula is C23H30N2O6S. The van der Waals surface area contributed by atoms with Gasteiger partial charge in [-0.1, -0.05) is 55.4 Å². The third kappa shape index (κ3) is 6.11. The lowest BCUT2D eigenvalue weighted by molar-refractivity contribution is -0.140. The summed E-state index contributed by atoms with van der Waals surface area (Å²) in [6, 6.07) is 6.83. The summed E-state index contributed by atoms with van der Waals surface area (Å²) in [5.41, 5.74) is 0.780. The zero-order chi connectivity index (χ0) is 23.3. The molecule has 1 aromatic carbocycles. The first kappa shape index (κ1) is 24.3. The molecule has 1 aliphatic carbocycles. The number of benzene rings is 1. The van der Waals surface area contributed by atoms with Crippen LogP contribution in [0.4, 0.5) is 4.79 Å². The molecule has 1 aliphatic heterocycles. The number of carbonyl (C=O) groups is 3. The van der Waals surface area contributed by atoms with Gasteiger partial charge in [-0.15, -0.1) is 0 Å². The van der Waals surface area contributed by atoms with Gasteiger partial charge in [0.15, 0.2) is 12.0 Å². The Bertz CT molecular complexity index is 848. The van der Waals surface area contributed by atoms with Crippen LogP contribution in [0.25, 0.3) is 0 Å². The molecule has 0 spiro atoms. The number of carbonyl (C=O) groups excluding carboxylic acids is 1. The van der Waals surface area contributed by atoms with Gasteiger partial charge >= 0.3 is 12.1 Å². The van der Waals surface area contributed by atoms with Crippen LogP contribution in [0.15, 0.2) is 30.3 Å². The van der Waals surface area contributed by atoms with Crippen molar-refractivity contribution in [1.29, 1.82) is 0 Å². The van der Waals surface area contributed by atoms with Crippen molar-refractivity contribution >= 4 is 35.0 Å². The van der Waals surface area contributed by atoms with Crippen molar-refractivity contribution < 1.29 is 29.3 Å². The molecule has 0 amide bonds. The van der Waals surface area contributed by atoms with Gasteiger partial charge in [0.2, 0.25) is 0 Å². The number of hydrogen-bond donors (Lipinski definition) is 4. The Balaban J connectivity index is 1.69. The van der Waals surface area contributed by atoms with Gasteiger partial charge in [0.25, 0.3) is 0 Å². The molecule has 0 bridgehead atoms. The van der Waals surface area contributed by atoms with Gasteiger partial charge in [0.1, 0.15) is 6.04 Å². The molecule has 1 aromatic rings. The first-order chi connectivity index (χ1) is 15.3. The minimum atomic E-state index is -1.38. The summed E-state index contributed by atoms with van der Waals surface area (Å²) in [7, 11) is 0. The van der Waals surface area contributed by atoms with Crippen molar-refractivity contribution in [2.75, 3.05) is 0 Å². The summed E-state index contributed by atoms with van der Waals surface area (Å²) in [4.78, 5) is 36.8. The summed E-state index contributed by atoms with van der Waals surface area (Å²) in [6.07, 6.45) is 2.38. The third-order valence-corrected chi connectivity index (χ3v) is 6.89. The zero-order valence-electron chi connectivity index (χ0n) is 18.0. The summed E-state index contributed by atoms with van der Waals surface area (Å²) in [5.74, 6) is -0.973. The lowest BCUT2D eigenvalue weighted by atomic mass is 9.69. The van der Waals surface area contributed by atoms with Gasteiger partial charge < -0.3 is 14.9 Å². The second-order valence-electron chi connectivity index (χ2n) is 8.64. The van der Waals surface area contributed by atoms with Gasteiger partial charge in [0.05, 0.1) is 12.1 Å². The maximum atomic E-state index is 13.3. The smallest absolute Gasteiger partial charge is 0.480 e. The molecule has 4 N–H and O–H groups in total. The summed E-state index contributed by atoms with van der Waals surface area (Å²) < 4.78 is 4.94. The summed E-state index contributed by atoms with van der Waals surface area (Å²) >= 11 is 5.42. The number of fused-ring (bicyclic) bond motifs is 1. The van der Waals surface area contributed by atoms with Crippen LogP contribution in [-0.4, -0.2) is 57.3 Å². The normalized spacial score (nSPS) is 26.9. The number of Topliss-reactive ketones (excluding diaryl/α,β-unsaturated/α-hetero) is 1. The van der Waals surface area contributed by atoms with Crippen LogP contribution in [-0.2, 0) is 14.3 Å². The van der Waals surface area contributed by atoms with Crippen LogP contribution in [0.2, 0.25) is 0 Å². The number of carboxylic acid groups (broad SMARTS) is 2. The maximum Gasteiger partial charge on any atom is 0.507 e. The molecule has 0 aromatic heterocycles. The van der Waals surface area contributed by atoms with Gasteiger partial charge in [-0.3, -0.25) is 20.2 Å². The summed E-state index contributed by atoms with van der Waals surface area (Å²) in [6.45, 7) is 1.64. The van der Waals surface area contributed by atoms with E-state index in [1.54, 1.807) is 6.92 Å². The quantitative estimate of drug-likeness (QED) is 0.249. The maximum absolute atomic E-state index is 13.3. The largest absolute Gasteiger partial charge is 0.507 e. The highest BCUT2D eigenvalue weighted by atomic mass is 32.1. The fourth-order valence-corrected chi connectivity index (χ4v) is 5.23. The lowest BCUT2D eigenvalue weighted by Crippen LogP contribution is -2.61. The Kier molecular flexibility index (Phi) is 8.33. The van der Waals surface area contributed by atoms with Crippen molar-refractivity contribution in [2.45, 2.75) is 69.8 Å². The zero-order valence-corrected chi connectivity index (χ0v) is 18.8. The Morgan fingerprint density at radius 3 is 2.53 bits per heavy atom. The number of ketones is 1. The molecule has 174 valence electrons. The van der Waals surface area contributed by atoms with E-state index in [9.17, 15) is 19.5 Å². The Labute approximate surface area is 192 Å². The van der Waals surface area contributed by atoms with Gasteiger partial charge in [-0.05, 0) is 37.2 Å². The molecule has 9 heteroatoms. The highest BCUT2D eigenvalue weighted by Gasteiger charge is 2.44. The number of hydrogen-bond acceptors (Lipinski definition) is 7. The Morgan fingerprint density at radius 2 is 1.88 bits per heavy atom. The monoisotopic (exact) mass is 462 g/mol. The standard InChI is InChI=1S/C23H30N2O6S/c1-13(24-17(22(27)28)12-18(32)14-7-3-2-4-8-14)21(26)20-16-10-6-5-9-15(16)11-19(25-20)31-23(29)30/h2-4,7-8,13,15-17,19-20,24-25H,5-6,9-12H2,1H3,(H,27,28)(H,29,30)/t13-,15?,16?,17?,19?,20?/m0/s1. The second kappa shape index (κ2) is 11.0. The number of piperidine rings is 1. The molecule has 6 atom stereocenters. The first-order valence-corrected chi connectivity index (χ1v) is 11.4. The van der Waals surface area contributed by atoms with Crippen molar-refractivity contribution in [3.8, 4) is 0 Å².